The number of carbonyl (C=O) groups is 4. The molecule has 0 N–H and O–H groups in total. The zero-order valence-corrected chi connectivity index (χ0v) is 36.6. The maximum atomic E-state index is 11.8. The molecule has 25 heteroatoms. The number of hydrogen-bond acceptors (Lipinski definition) is 12. The average molecular weight is 872 g/mol. The molecule has 0 spiro atoms. The molecule has 2 rings (SSSR count). The third-order valence-electron chi connectivity index (χ3n) is 5.56. The SMILES string of the molecule is CC(COC(=O)Cl)c1ccccc1[N+](=O)[O-].CC(COC(=O)N=C(N(C)C)N(C)C)c1ccccc1[N+](=O)[O-].CN=PC(=O)P.O=C(P)P=NCl.[B]P. The molecule has 290 valence electrons. The van der Waals surface area contributed by atoms with E-state index in [2.05, 4.69) is 26.3 Å². The van der Waals surface area contributed by atoms with Crippen molar-refractivity contribution in [1.82, 2.24) is 9.80 Å². The van der Waals surface area contributed by atoms with Gasteiger partial charge in [-0.1, -0.05) is 68.7 Å². The molecular weight excluding hydrogens is 831 g/mol. The van der Waals surface area contributed by atoms with Crippen LogP contribution >= 0.6 is 67.7 Å². The second kappa shape index (κ2) is 32.4. The number of carbonyl (C=O) groups excluding carboxylic acids is 4. The van der Waals surface area contributed by atoms with Crippen molar-refractivity contribution in [3.63, 3.8) is 0 Å². The summed E-state index contributed by atoms with van der Waals surface area (Å²) < 4.78 is 16.3. The number of guanidine groups is 1. The highest BCUT2D eigenvalue weighted by Crippen LogP contribution is 2.27. The molecule has 2 radical (unpaired) electrons. The molecule has 17 nitrogen and oxygen atoms in total. The number of halogens is 2. The second-order valence-electron chi connectivity index (χ2n) is 9.91. The summed E-state index contributed by atoms with van der Waals surface area (Å²) in [5.41, 5.74) is 0.160. The lowest BCUT2D eigenvalue weighted by Gasteiger charge is -2.22. The lowest BCUT2D eigenvalue weighted by Crippen LogP contribution is -2.36. The van der Waals surface area contributed by atoms with Gasteiger partial charge in [0, 0.05) is 93.7 Å². The van der Waals surface area contributed by atoms with E-state index in [1.165, 1.54) is 12.1 Å². The summed E-state index contributed by atoms with van der Waals surface area (Å²) >= 11 is 9.79. The van der Waals surface area contributed by atoms with Crippen LogP contribution in [0.25, 0.3) is 0 Å². The molecule has 0 aromatic heterocycles. The van der Waals surface area contributed by atoms with Crippen LogP contribution in [0.15, 0.2) is 62.5 Å². The monoisotopic (exact) mass is 871 g/mol. The van der Waals surface area contributed by atoms with Crippen molar-refractivity contribution in [1.29, 1.82) is 0 Å². The molecule has 53 heavy (non-hydrogen) atoms. The van der Waals surface area contributed by atoms with Crippen molar-refractivity contribution in [3.8, 4) is 0 Å². The van der Waals surface area contributed by atoms with Gasteiger partial charge in [0.05, 0.1) is 32.4 Å². The maximum absolute atomic E-state index is 11.8. The molecule has 0 aliphatic rings. The van der Waals surface area contributed by atoms with E-state index < -0.39 is 21.4 Å². The molecule has 0 saturated carbocycles. The van der Waals surface area contributed by atoms with E-state index in [-0.39, 0.29) is 47.0 Å². The van der Waals surface area contributed by atoms with E-state index in [0.29, 0.717) is 33.8 Å². The number of para-hydroxylation sites is 2. The highest BCUT2D eigenvalue weighted by molar-refractivity contribution is 7.73. The zero-order valence-electron chi connectivity index (χ0n) is 29.9. The van der Waals surface area contributed by atoms with Crippen LogP contribution < -0.4 is 0 Å². The zero-order chi connectivity index (χ0) is 41.7. The quantitative estimate of drug-likeness (QED) is 0.0415. The first-order chi connectivity index (χ1) is 24.8. The standard InChI is InChI=1S/C15H22N4O4.C10H10ClNO4.C2H5NOP2.CH2ClNOP2.BH2P/c1-11(12-8-6-7-9-13(12)19(21)22)10-23-15(20)16-14(17(2)3)18(4)5;1-7(6-16-10(11)13)8-4-2-3-5-9(8)12(14)15;1-3-6-2(4)5;2-3-6-1(4)5;1-2/h6-9,11H,10H2,1-5H3;2-5,7H,6H2,1H3;5H2,1H3;5H2;2H2. The molecule has 5 unspecified atom stereocenters. The fourth-order valence-electron chi connectivity index (χ4n) is 3.56. The number of hydrogen-bond donors (Lipinski definition) is 0. The Morgan fingerprint density at radius 2 is 1.19 bits per heavy atom. The number of rotatable bonds is 10. The smallest absolute Gasteiger partial charge is 0.436 e. The van der Waals surface area contributed by atoms with E-state index in [1.54, 1.807) is 95.3 Å². The van der Waals surface area contributed by atoms with Gasteiger partial charge in [-0.3, -0.25) is 34.6 Å². The first kappa shape index (κ1) is 54.3. The largest absolute Gasteiger partial charge is 0.453 e. The molecule has 0 aliphatic carbocycles. The normalized spacial score (nSPS) is 10.8. The minimum absolute atomic E-state index is 0.0116. The second-order valence-corrected chi connectivity index (χ2v) is 14.5. The minimum atomic E-state index is -0.912. The topological polar surface area (TPSA) is 217 Å². The Kier molecular flexibility index (Phi) is 33.1. The summed E-state index contributed by atoms with van der Waals surface area (Å²) in [5.74, 6) is -0.129. The predicted molar refractivity (Wildman–Crippen MR) is 223 cm³/mol. The van der Waals surface area contributed by atoms with Gasteiger partial charge in [0.1, 0.15) is 15.0 Å². The molecule has 2 aromatic rings. The van der Waals surface area contributed by atoms with Gasteiger partial charge in [-0.05, 0) is 0 Å². The van der Waals surface area contributed by atoms with Gasteiger partial charge in [0.2, 0.25) is 16.5 Å². The lowest BCUT2D eigenvalue weighted by molar-refractivity contribution is -0.385. The van der Waals surface area contributed by atoms with Crippen molar-refractivity contribution in [2.24, 2.45) is 14.0 Å². The van der Waals surface area contributed by atoms with Crippen LogP contribution in [0, 0.1) is 20.2 Å². The number of amides is 1. The van der Waals surface area contributed by atoms with Gasteiger partial charge in [-0.25, -0.2) is 9.59 Å². The fraction of sp³-hybridized carbons (Fsp3) is 0.393. The summed E-state index contributed by atoms with van der Waals surface area (Å²) in [4.78, 5) is 70.0. The van der Waals surface area contributed by atoms with E-state index in [4.69, 9.17) is 28.1 Å². The first-order valence-corrected chi connectivity index (χ1v) is 18.7. The van der Waals surface area contributed by atoms with E-state index in [9.17, 15) is 39.4 Å². The average Bonchev–Trinajstić information content (AvgIpc) is 3.09. The van der Waals surface area contributed by atoms with Crippen LogP contribution in [0.3, 0.4) is 0 Å². The fourth-order valence-corrected chi connectivity index (χ4v) is 4.85. The van der Waals surface area contributed by atoms with Crippen LogP contribution in [0.5, 0.6) is 0 Å². The van der Waals surface area contributed by atoms with Crippen LogP contribution in [0.2, 0.25) is 0 Å². The minimum Gasteiger partial charge on any atom is -0.453 e. The van der Waals surface area contributed by atoms with Crippen LogP contribution in [0.1, 0.15) is 36.8 Å². The Balaban J connectivity index is -0.000000716. The van der Waals surface area contributed by atoms with Crippen LogP contribution in [-0.2, 0) is 9.47 Å². The summed E-state index contributed by atoms with van der Waals surface area (Å²) in [6.45, 7) is 3.52. The first-order valence-electron chi connectivity index (χ1n) is 14.4. The Hall–Kier alpha value is -3.08. The molecule has 0 saturated heterocycles. The lowest BCUT2D eigenvalue weighted by atomic mass is 10.0. The number of aliphatic imine (C=N–C) groups is 1. The van der Waals surface area contributed by atoms with Crippen molar-refractivity contribution >= 4 is 115 Å². The molecule has 0 aliphatic heterocycles. The van der Waals surface area contributed by atoms with Gasteiger partial charge in [-0.2, -0.15) is 13.4 Å². The third-order valence-corrected chi connectivity index (χ3v) is 7.26. The molecule has 5 atom stereocenters. The summed E-state index contributed by atoms with van der Waals surface area (Å²) in [6, 6.07) is 12.7. The molecule has 0 heterocycles. The summed E-state index contributed by atoms with van der Waals surface area (Å²) in [7, 11) is 19.8. The maximum Gasteiger partial charge on any atom is 0.436 e. The summed E-state index contributed by atoms with van der Waals surface area (Å²) in [6.07, 6.45) is -0.729. The van der Waals surface area contributed by atoms with Crippen LogP contribution in [-0.4, -0.2) is 104 Å². The Bertz CT molecular complexity index is 1550. The number of benzene rings is 2. The van der Waals surface area contributed by atoms with E-state index in [0.717, 1.165) is 0 Å². The van der Waals surface area contributed by atoms with E-state index in [1.807, 2.05) is 27.6 Å². The van der Waals surface area contributed by atoms with Crippen molar-refractivity contribution in [3.05, 3.63) is 79.9 Å². The number of ether oxygens (including phenoxy) is 2. The van der Waals surface area contributed by atoms with Gasteiger partial charge in [0.25, 0.3) is 11.4 Å². The van der Waals surface area contributed by atoms with Crippen molar-refractivity contribution < 1.29 is 38.5 Å². The molecule has 1 amide bonds. The molecule has 0 bridgehead atoms. The van der Waals surface area contributed by atoms with Gasteiger partial charge < -0.3 is 19.3 Å². The molecule has 0 fully saturated rings. The summed E-state index contributed by atoms with van der Waals surface area (Å²) in [5, 5.41) is 21.7. The van der Waals surface area contributed by atoms with Crippen molar-refractivity contribution in [2.75, 3.05) is 48.5 Å². The highest BCUT2D eigenvalue weighted by Gasteiger charge is 2.20. The van der Waals surface area contributed by atoms with E-state index >= 15 is 0 Å². The molecule has 2 aromatic carbocycles. The van der Waals surface area contributed by atoms with Gasteiger partial charge in [0.15, 0.2) is 0 Å². The number of nitro groups is 2. The van der Waals surface area contributed by atoms with Gasteiger partial charge in [-0.15, -0.1) is 4.99 Å². The highest BCUT2D eigenvalue weighted by atomic mass is 35.5. The number of nitro benzene ring substituents is 2. The predicted octanol–water partition coefficient (Wildman–Crippen LogP) is 9.34. The molecular formula is C28H41BCl2N7O10P5. The Morgan fingerprint density at radius 1 is 0.811 bits per heavy atom. The van der Waals surface area contributed by atoms with Crippen molar-refractivity contribution in [2.45, 2.75) is 25.7 Å². The number of nitrogens with zero attached hydrogens (tertiary/aromatic N) is 7. The third kappa shape index (κ3) is 27.2. The Labute approximate surface area is 329 Å². The Morgan fingerprint density at radius 3 is 1.45 bits per heavy atom. The van der Waals surface area contributed by atoms with Crippen LogP contribution in [0.4, 0.5) is 30.6 Å². The van der Waals surface area contributed by atoms with Gasteiger partial charge >= 0.3 is 11.5 Å².